The van der Waals surface area contributed by atoms with Gasteiger partial charge in [-0.05, 0) is 24.1 Å². The molecule has 2 aromatic heterocycles. The van der Waals surface area contributed by atoms with E-state index in [0.29, 0.717) is 12.4 Å². The number of amides is 1. The Bertz CT molecular complexity index is 690. The van der Waals surface area contributed by atoms with Gasteiger partial charge in [-0.1, -0.05) is 13.0 Å². The minimum absolute atomic E-state index is 0.0564. The normalized spacial score (nSPS) is 20.0. The molecule has 0 N–H and O–H groups in total. The molecule has 0 bridgehead atoms. The number of aromatic nitrogens is 2. The maximum atomic E-state index is 12.9. The maximum absolute atomic E-state index is 12.9. The fourth-order valence-corrected chi connectivity index (χ4v) is 3.08. The lowest BCUT2D eigenvalue weighted by Crippen LogP contribution is -2.36. The average Bonchev–Trinajstić information content (AvgIpc) is 3.03. The molecule has 6 heteroatoms. The minimum atomic E-state index is -0.0564. The van der Waals surface area contributed by atoms with Gasteiger partial charge in [0, 0.05) is 32.4 Å². The quantitative estimate of drug-likeness (QED) is 0.862. The van der Waals surface area contributed by atoms with Crippen molar-refractivity contribution < 1.29 is 9.53 Å². The number of hydrogen-bond acceptors (Lipinski definition) is 5. The largest absolute Gasteiger partial charge is 0.481 e. The molecule has 0 aromatic carbocycles. The van der Waals surface area contributed by atoms with Crippen molar-refractivity contribution in [2.45, 2.75) is 6.92 Å². The van der Waals surface area contributed by atoms with Crippen molar-refractivity contribution >= 4 is 17.4 Å². The number of methoxy groups -OCH3 is 1. The van der Waals surface area contributed by atoms with Gasteiger partial charge in [-0.15, -0.1) is 0 Å². The first-order chi connectivity index (χ1) is 11.6. The molecule has 0 aliphatic carbocycles. The van der Waals surface area contributed by atoms with Crippen molar-refractivity contribution in [3.63, 3.8) is 0 Å². The molecule has 0 saturated carbocycles. The van der Waals surface area contributed by atoms with E-state index in [2.05, 4.69) is 21.8 Å². The summed E-state index contributed by atoms with van der Waals surface area (Å²) in [6.45, 7) is 3.64. The van der Waals surface area contributed by atoms with Gasteiger partial charge in [-0.2, -0.15) is 0 Å². The highest BCUT2D eigenvalue weighted by molar-refractivity contribution is 5.95. The summed E-state index contributed by atoms with van der Waals surface area (Å²) in [4.78, 5) is 25.3. The van der Waals surface area contributed by atoms with E-state index < -0.39 is 0 Å². The Balaban J connectivity index is 1.72. The van der Waals surface area contributed by atoms with Gasteiger partial charge in [0.2, 0.25) is 11.8 Å². The zero-order chi connectivity index (χ0) is 17.1. The highest BCUT2D eigenvalue weighted by Gasteiger charge is 2.37. The Labute approximate surface area is 142 Å². The fourth-order valence-electron chi connectivity index (χ4n) is 3.08. The molecule has 24 heavy (non-hydrogen) atoms. The van der Waals surface area contributed by atoms with Crippen molar-refractivity contribution in [1.29, 1.82) is 0 Å². The molecule has 1 saturated heterocycles. The van der Waals surface area contributed by atoms with Crippen LogP contribution < -0.4 is 14.5 Å². The zero-order valence-corrected chi connectivity index (χ0v) is 14.2. The predicted molar refractivity (Wildman–Crippen MR) is 93.3 cm³/mol. The van der Waals surface area contributed by atoms with Gasteiger partial charge in [0.1, 0.15) is 5.82 Å². The number of pyridine rings is 2. The van der Waals surface area contributed by atoms with Crippen molar-refractivity contribution in [2.24, 2.45) is 11.8 Å². The standard InChI is InChI=1S/C18H22N4O2/c1-13-11-22(16-6-4-5-9-19-16)12-15(13)18(23)21(2)14-7-8-17(24-3)20-10-14/h4-10,13,15H,11-12H2,1-3H3/t13-,15-/m1/s1. The van der Waals surface area contributed by atoms with Crippen molar-refractivity contribution in [1.82, 2.24) is 9.97 Å². The number of anilines is 2. The van der Waals surface area contributed by atoms with Crippen LogP contribution in [-0.4, -0.2) is 43.1 Å². The molecule has 2 atom stereocenters. The van der Waals surface area contributed by atoms with Crippen molar-refractivity contribution in [3.05, 3.63) is 42.7 Å². The summed E-state index contributed by atoms with van der Waals surface area (Å²) in [5.74, 6) is 1.78. The van der Waals surface area contributed by atoms with Crippen LogP contribution in [0.15, 0.2) is 42.7 Å². The first kappa shape index (κ1) is 16.2. The molecular weight excluding hydrogens is 304 g/mol. The lowest BCUT2D eigenvalue weighted by molar-refractivity contribution is -0.122. The van der Waals surface area contributed by atoms with Crippen molar-refractivity contribution in [3.8, 4) is 5.88 Å². The van der Waals surface area contributed by atoms with Crippen LogP contribution in [0.4, 0.5) is 11.5 Å². The third kappa shape index (κ3) is 3.18. The van der Waals surface area contributed by atoms with Gasteiger partial charge < -0.3 is 14.5 Å². The molecule has 1 aliphatic heterocycles. The van der Waals surface area contributed by atoms with E-state index in [1.165, 1.54) is 0 Å². The summed E-state index contributed by atoms with van der Waals surface area (Å²) in [6, 6.07) is 9.46. The molecule has 1 aliphatic rings. The van der Waals surface area contributed by atoms with E-state index in [-0.39, 0.29) is 17.7 Å². The van der Waals surface area contributed by atoms with Gasteiger partial charge in [-0.25, -0.2) is 9.97 Å². The number of carbonyl (C=O) groups is 1. The molecule has 2 aromatic rings. The number of nitrogens with zero attached hydrogens (tertiary/aromatic N) is 4. The molecule has 3 heterocycles. The maximum Gasteiger partial charge on any atom is 0.232 e. The van der Waals surface area contributed by atoms with Gasteiger partial charge in [0.05, 0.1) is 24.9 Å². The predicted octanol–water partition coefficient (Wildman–Crippen LogP) is 2.22. The van der Waals surface area contributed by atoms with E-state index in [0.717, 1.165) is 18.1 Å². The van der Waals surface area contributed by atoms with Crippen LogP contribution in [0.2, 0.25) is 0 Å². The molecule has 0 unspecified atom stereocenters. The third-order valence-corrected chi connectivity index (χ3v) is 4.55. The lowest BCUT2D eigenvalue weighted by Gasteiger charge is -2.23. The summed E-state index contributed by atoms with van der Waals surface area (Å²) in [5, 5.41) is 0. The van der Waals surface area contributed by atoms with Gasteiger partial charge in [0.25, 0.3) is 0 Å². The zero-order valence-electron chi connectivity index (χ0n) is 14.2. The molecular formula is C18H22N4O2. The second-order valence-corrected chi connectivity index (χ2v) is 6.13. The molecule has 126 valence electrons. The van der Waals surface area contributed by atoms with Crippen LogP contribution in [0.25, 0.3) is 0 Å². The Morgan fingerprint density at radius 3 is 2.71 bits per heavy atom. The second kappa shape index (κ2) is 6.86. The van der Waals surface area contributed by atoms with E-state index in [1.54, 1.807) is 37.5 Å². The van der Waals surface area contributed by atoms with E-state index in [9.17, 15) is 4.79 Å². The summed E-state index contributed by atoms with van der Waals surface area (Å²) in [5.41, 5.74) is 0.768. The van der Waals surface area contributed by atoms with Crippen LogP contribution >= 0.6 is 0 Å². The SMILES string of the molecule is COc1ccc(N(C)C(=O)[C@@H]2CN(c3ccccn3)C[C@H]2C)cn1. The Morgan fingerprint density at radius 1 is 1.25 bits per heavy atom. The average molecular weight is 326 g/mol. The first-order valence-corrected chi connectivity index (χ1v) is 8.03. The van der Waals surface area contributed by atoms with Crippen molar-refractivity contribution in [2.75, 3.05) is 37.0 Å². The molecule has 0 spiro atoms. The number of hydrogen-bond donors (Lipinski definition) is 0. The van der Waals surface area contributed by atoms with Crippen LogP contribution in [0, 0.1) is 11.8 Å². The highest BCUT2D eigenvalue weighted by Crippen LogP contribution is 2.29. The second-order valence-electron chi connectivity index (χ2n) is 6.13. The van der Waals surface area contributed by atoms with Gasteiger partial charge >= 0.3 is 0 Å². The summed E-state index contributed by atoms with van der Waals surface area (Å²) < 4.78 is 5.06. The molecule has 1 fully saturated rings. The minimum Gasteiger partial charge on any atom is -0.481 e. The lowest BCUT2D eigenvalue weighted by atomic mass is 9.96. The number of carbonyl (C=O) groups excluding carboxylic acids is 1. The summed E-state index contributed by atoms with van der Waals surface area (Å²) in [6.07, 6.45) is 3.44. The summed E-state index contributed by atoms with van der Waals surface area (Å²) >= 11 is 0. The third-order valence-electron chi connectivity index (χ3n) is 4.55. The van der Waals surface area contributed by atoms with Crippen LogP contribution in [0.1, 0.15) is 6.92 Å². The van der Waals surface area contributed by atoms with Crippen LogP contribution in [0.5, 0.6) is 5.88 Å². The van der Waals surface area contributed by atoms with Gasteiger partial charge in [0.15, 0.2) is 0 Å². The van der Waals surface area contributed by atoms with Gasteiger partial charge in [-0.3, -0.25) is 4.79 Å². The highest BCUT2D eigenvalue weighted by atomic mass is 16.5. The van der Waals surface area contributed by atoms with E-state index in [4.69, 9.17) is 4.74 Å². The number of ether oxygens (including phenoxy) is 1. The molecule has 3 rings (SSSR count). The van der Waals surface area contributed by atoms with E-state index >= 15 is 0 Å². The monoisotopic (exact) mass is 326 g/mol. The first-order valence-electron chi connectivity index (χ1n) is 8.03. The molecule has 6 nitrogen and oxygen atoms in total. The smallest absolute Gasteiger partial charge is 0.232 e. The van der Waals surface area contributed by atoms with Crippen LogP contribution in [-0.2, 0) is 4.79 Å². The topological polar surface area (TPSA) is 58.6 Å². The fraction of sp³-hybridized carbons (Fsp3) is 0.389. The number of rotatable bonds is 4. The Kier molecular flexibility index (Phi) is 4.64. The Morgan fingerprint density at radius 2 is 2.08 bits per heavy atom. The summed E-state index contributed by atoms with van der Waals surface area (Å²) in [7, 11) is 3.37. The molecule has 1 amide bonds. The Hall–Kier alpha value is -2.63. The van der Waals surface area contributed by atoms with Crippen LogP contribution in [0.3, 0.4) is 0 Å². The molecule has 0 radical (unpaired) electrons. The van der Waals surface area contributed by atoms with E-state index in [1.807, 2.05) is 24.3 Å².